The van der Waals surface area contributed by atoms with Crippen LogP contribution < -0.4 is 0 Å². The predicted octanol–water partition coefficient (Wildman–Crippen LogP) is 2.88. The van der Waals surface area contributed by atoms with E-state index < -0.39 is 0 Å². The van der Waals surface area contributed by atoms with E-state index in [-0.39, 0.29) is 5.78 Å². The molecule has 1 aliphatic carbocycles. The summed E-state index contributed by atoms with van der Waals surface area (Å²) in [4.78, 5) is 15.9. The molecule has 0 amide bonds. The third kappa shape index (κ3) is 1.80. The van der Waals surface area contributed by atoms with Gasteiger partial charge >= 0.3 is 0 Å². The Labute approximate surface area is 111 Å². The quantitative estimate of drug-likeness (QED) is 0.826. The van der Waals surface area contributed by atoms with Crippen molar-refractivity contribution >= 4 is 11.4 Å². The van der Waals surface area contributed by atoms with Gasteiger partial charge in [0.15, 0.2) is 5.78 Å². The van der Waals surface area contributed by atoms with Gasteiger partial charge in [-0.15, -0.1) is 0 Å². The fraction of sp³-hybridized carbons (Fsp3) is 0.267. The topological polar surface area (TPSA) is 56.0 Å². The van der Waals surface area contributed by atoms with Crippen molar-refractivity contribution in [1.82, 2.24) is 10.1 Å². The van der Waals surface area contributed by atoms with E-state index in [4.69, 9.17) is 4.52 Å². The highest BCUT2D eigenvalue weighted by molar-refractivity contribution is 6.20. The number of aromatic nitrogens is 2. The van der Waals surface area contributed by atoms with Crippen molar-refractivity contribution in [3.8, 4) is 11.1 Å². The zero-order valence-corrected chi connectivity index (χ0v) is 11.2. The van der Waals surface area contributed by atoms with Crippen LogP contribution in [0.1, 0.15) is 29.6 Å². The second-order valence-corrected chi connectivity index (χ2v) is 4.81. The van der Waals surface area contributed by atoms with Gasteiger partial charge < -0.3 is 4.52 Å². The summed E-state index contributed by atoms with van der Waals surface area (Å²) in [6.07, 6.45) is 4.49. The Bertz CT molecular complexity index is 691. The maximum absolute atomic E-state index is 11.5. The molecule has 4 heteroatoms. The molecule has 3 rings (SSSR count). The summed E-state index contributed by atoms with van der Waals surface area (Å²) in [5, 5.41) is 3.96. The lowest BCUT2D eigenvalue weighted by Crippen LogP contribution is -1.98. The fourth-order valence-electron chi connectivity index (χ4n) is 2.56. The first-order chi connectivity index (χ1) is 9.08. The minimum absolute atomic E-state index is 0.0661. The molecule has 0 radical (unpaired) electrons. The third-order valence-corrected chi connectivity index (χ3v) is 3.45. The molecule has 4 nitrogen and oxygen atoms in total. The molecule has 0 saturated heterocycles. The van der Waals surface area contributed by atoms with E-state index in [0.29, 0.717) is 0 Å². The molecule has 0 spiro atoms. The van der Waals surface area contributed by atoms with Crippen LogP contribution in [0.4, 0.5) is 0 Å². The lowest BCUT2D eigenvalue weighted by atomic mass is 10.0. The predicted molar refractivity (Wildman–Crippen MR) is 71.6 cm³/mol. The lowest BCUT2D eigenvalue weighted by molar-refractivity contribution is -0.111. The van der Waals surface area contributed by atoms with Crippen LogP contribution >= 0.6 is 0 Å². The number of allylic oxidation sites excluding steroid dienone is 2. The molecule has 0 fully saturated rings. The van der Waals surface area contributed by atoms with Gasteiger partial charge in [-0.25, -0.2) is 0 Å². The highest BCUT2D eigenvalue weighted by Crippen LogP contribution is 2.32. The van der Waals surface area contributed by atoms with Gasteiger partial charge in [-0.2, -0.15) is 0 Å². The second-order valence-electron chi connectivity index (χ2n) is 4.81. The van der Waals surface area contributed by atoms with Gasteiger partial charge in [0.25, 0.3) is 0 Å². The Kier molecular flexibility index (Phi) is 2.59. The number of nitrogens with zero attached hydrogens (tertiary/aromatic N) is 2. The number of hydrogen-bond donors (Lipinski definition) is 0. The number of Topliss-reactive ketones (excluding diaryl/α,β-unsaturated/α-hetero) is 1. The molecule has 0 saturated carbocycles. The van der Waals surface area contributed by atoms with Gasteiger partial charge in [-0.05, 0) is 38.8 Å². The van der Waals surface area contributed by atoms with Crippen molar-refractivity contribution < 1.29 is 9.32 Å². The number of fused-ring (bicyclic) bond motifs is 1. The van der Waals surface area contributed by atoms with Crippen LogP contribution in [0.3, 0.4) is 0 Å². The molecule has 96 valence electrons. The van der Waals surface area contributed by atoms with Crippen LogP contribution in [0, 0.1) is 13.8 Å². The number of carbonyl (C=O) groups excluding carboxylic acids is 1. The minimum Gasteiger partial charge on any atom is -0.361 e. The van der Waals surface area contributed by atoms with Crippen LogP contribution in [-0.2, 0) is 11.2 Å². The standard InChI is InChI=1S/C15H14N2O2/c1-8-14(10(3)19-17-8)12-6-11-4-5-13(9(2)18)15(11)16-7-12/h5-7H,4H2,1-3H3. The summed E-state index contributed by atoms with van der Waals surface area (Å²) in [7, 11) is 0. The molecular weight excluding hydrogens is 240 g/mol. The maximum atomic E-state index is 11.5. The van der Waals surface area contributed by atoms with Crippen LogP contribution in [-0.4, -0.2) is 15.9 Å². The monoisotopic (exact) mass is 254 g/mol. The first-order valence-electron chi connectivity index (χ1n) is 6.21. The normalized spacial score (nSPS) is 13.3. The smallest absolute Gasteiger partial charge is 0.161 e. The number of pyridine rings is 1. The van der Waals surface area contributed by atoms with Crippen LogP contribution in [0.15, 0.2) is 22.9 Å². The van der Waals surface area contributed by atoms with Crippen molar-refractivity contribution in [2.45, 2.75) is 27.2 Å². The summed E-state index contributed by atoms with van der Waals surface area (Å²) in [5.74, 6) is 0.855. The number of hydrogen-bond acceptors (Lipinski definition) is 4. The summed E-state index contributed by atoms with van der Waals surface area (Å²) < 4.78 is 5.18. The number of rotatable bonds is 2. The van der Waals surface area contributed by atoms with Crippen LogP contribution in [0.2, 0.25) is 0 Å². The Morgan fingerprint density at radius 1 is 1.37 bits per heavy atom. The Morgan fingerprint density at radius 3 is 2.79 bits per heavy atom. The van der Waals surface area contributed by atoms with Gasteiger partial charge in [-0.3, -0.25) is 9.78 Å². The van der Waals surface area contributed by atoms with Gasteiger partial charge in [0.1, 0.15) is 5.76 Å². The van der Waals surface area contributed by atoms with Crippen LogP contribution in [0.5, 0.6) is 0 Å². The molecule has 0 N–H and O–H groups in total. The zero-order chi connectivity index (χ0) is 13.6. The highest BCUT2D eigenvalue weighted by Gasteiger charge is 2.21. The molecule has 0 aliphatic heterocycles. The van der Waals surface area contributed by atoms with Crippen molar-refractivity contribution in [2.75, 3.05) is 0 Å². The number of ketones is 1. The summed E-state index contributed by atoms with van der Waals surface area (Å²) in [5.41, 5.74) is 5.46. The van der Waals surface area contributed by atoms with Crippen molar-refractivity contribution in [3.05, 3.63) is 41.1 Å². The maximum Gasteiger partial charge on any atom is 0.161 e. The first kappa shape index (κ1) is 11.8. The molecule has 0 unspecified atom stereocenters. The zero-order valence-electron chi connectivity index (χ0n) is 11.2. The van der Waals surface area contributed by atoms with Crippen molar-refractivity contribution in [1.29, 1.82) is 0 Å². The van der Waals surface area contributed by atoms with Crippen molar-refractivity contribution in [2.24, 2.45) is 0 Å². The third-order valence-electron chi connectivity index (χ3n) is 3.45. The van der Waals surface area contributed by atoms with Crippen molar-refractivity contribution in [3.63, 3.8) is 0 Å². The van der Waals surface area contributed by atoms with E-state index in [9.17, 15) is 4.79 Å². The molecule has 0 atom stereocenters. The fourth-order valence-corrected chi connectivity index (χ4v) is 2.56. The summed E-state index contributed by atoms with van der Waals surface area (Å²) >= 11 is 0. The van der Waals surface area contributed by atoms with E-state index in [2.05, 4.69) is 16.2 Å². The van der Waals surface area contributed by atoms with E-state index in [1.807, 2.05) is 19.9 Å². The number of aryl methyl sites for hydroxylation is 2. The minimum atomic E-state index is 0.0661. The van der Waals surface area contributed by atoms with Gasteiger partial charge in [-0.1, -0.05) is 11.2 Å². The van der Waals surface area contributed by atoms with E-state index in [0.717, 1.165) is 45.8 Å². The first-order valence-corrected chi connectivity index (χ1v) is 6.21. The SMILES string of the molecule is CC(=O)C1=CCc2cc(-c3c(C)noc3C)cnc21. The van der Waals surface area contributed by atoms with Gasteiger partial charge in [0.05, 0.1) is 11.4 Å². The van der Waals surface area contributed by atoms with Gasteiger partial charge in [0, 0.05) is 22.9 Å². The molecule has 2 heterocycles. The van der Waals surface area contributed by atoms with Gasteiger partial charge in [0.2, 0.25) is 0 Å². The number of carbonyl (C=O) groups is 1. The highest BCUT2D eigenvalue weighted by atomic mass is 16.5. The summed E-state index contributed by atoms with van der Waals surface area (Å²) in [6, 6.07) is 2.07. The Hall–Kier alpha value is -2.23. The molecular formula is C15H14N2O2. The van der Waals surface area contributed by atoms with E-state index >= 15 is 0 Å². The Balaban J connectivity index is 2.09. The lowest BCUT2D eigenvalue weighted by Gasteiger charge is -2.05. The molecule has 0 aromatic carbocycles. The largest absolute Gasteiger partial charge is 0.361 e. The summed E-state index contributed by atoms with van der Waals surface area (Å²) in [6.45, 7) is 5.38. The average Bonchev–Trinajstić information content (AvgIpc) is 2.92. The molecule has 19 heavy (non-hydrogen) atoms. The van der Waals surface area contributed by atoms with E-state index in [1.54, 1.807) is 13.1 Å². The molecule has 2 aromatic rings. The second kappa shape index (κ2) is 4.16. The molecule has 2 aromatic heterocycles. The molecule has 1 aliphatic rings. The average molecular weight is 254 g/mol. The molecule has 0 bridgehead atoms. The van der Waals surface area contributed by atoms with Crippen LogP contribution in [0.25, 0.3) is 16.7 Å². The van der Waals surface area contributed by atoms with E-state index in [1.165, 1.54) is 0 Å². The Morgan fingerprint density at radius 2 is 2.16 bits per heavy atom.